The van der Waals surface area contributed by atoms with Crippen LogP contribution in [0, 0.1) is 15.5 Å². The predicted molar refractivity (Wildman–Crippen MR) is 75.2 cm³/mol. The minimum absolute atomic E-state index is 0. The molecular weight excluding hydrogens is 286 g/mol. The lowest BCUT2D eigenvalue weighted by Crippen LogP contribution is -2.45. The minimum atomic E-state index is -0.664. The van der Waals surface area contributed by atoms with Gasteiger partial charge in [0, 0.05) is 13.1 Å². The van der Waals surface area contributed by atoms with E-state index in [1.165, 1.54) is 12.1 Å². The summed E-state index contributed by atoms with van der Waals surface area (Å²) in [6, 6.07) is 2.49. The van der Waals surface area contributed by atoms with Gasteiger partial charge in [-0.05, 0) is 30.9 Å². The fourth-order valence-electron chi connectivity index (χ4n) is 2.20. The highest BCUT2D eigenvalue weighted by Gasteiger charge is 2.28. The van der Waals surface area contributed by atoms with Gasteiger partial charge in [0.2, 0.25) is 0 Å². The Morgan fingerprint density at radius 3 is 2.90 bits per heavy atom. The van der Waals surface area contributed by atoms with E-state index in [-0.39, 0.29) is 23.6 Å². The summed E-state index contributed by atoms with van der Waals surface area (Å²) >= 11 is 0. The number of rotatable bonds is 4. The molecule has 1 aliphatic rings. The second-order valence-corrected chi connectivity index (χ2v) is 5.17. The van der Waals surface area contributed by atoms with Gasteiger partial charge in [-0.2, -0.15) is 0 Å². The molecule has 1 unspecified atom stereocenters. The third-order valence-corrected chi connectivity index (χ3v) is 3.36. The summed E-state index contributed by atoms with van der Waals surface area (Å²) in [5.41, 5.74) is 0.0203. The number of hydrogen-bond acceptors (Lipinski definition) is 5. The van der Waals surface area contributed by atoms with E-state index in [0.29, 0.717) is 6.54 Å². The van der Waals surface area contributed by atoms with Crippen molar-refractivity contribution in [2.24, 2.45) is 5.41 Å². The molecule has 0 saturated carbocycles. The van der Waals surface area contributed by atoms with E-state index in [2.05, 4.69) is 17.6 Å². The molecule has 0 aromatic carbocycles. The Bertz CT molecular complexity index is 483. The number of halogens is 1. The van der Waals surface area contributed by atoms with Crippen LogP contribution in [-0.2, 0) is 0 Å². The Hall–Kier alpha value is -1.60. The highest BCUT2D eigenvalue weighted by atomic mass is 35.5. The van der Waals surface area contributed by atoms with Crippen LogP contribution in [0.15, 0.2) is 16.5 Å². The van der Waals surface area contributed by atoms with E-state index in [1.807, 2.05) is 0 Å². The van der Waals surface area contributed by atoms with Crippen LogP contribution >= 0.6 is 12.4 Å². The molecule has 2 heterocycles. The third-order valence-electron chi connectivity index (χ3n) is 3.36. The van der Waals surface area contributed by atoms with Crippen molar-refractivity contribution >= 4 is 24.2 Å². The van der Waals surface area contributed by atoms with E-state index in [9.17, 15) is 14.9 Å². The van der Waals surface area contributed by atoms with Crippen LogP contribution in [-0.4, -0.2) is 30.5 Å². The van der Waals surface area contributed by atoms with Crippen LogP contribution in [0.2, 0.25) is 0 Å². The van der Waals surface area contributed by atoms with Gasteiger partial charge in [-0.3, -0.25) is 14.9 Å². The molecule has 0 aliphatic carbocycles. The van der Waals surface area contributed by atoms with E-state index in [1.54, 1.807) is 0 Å². The fraction of sp³-hybridized carbons (Fsp3) is 0.583. The Kier molecular flexibility index (Phi) is 5.52. The van der Waals surface area contributed by atoms with Crippen molar-refractivity contribution in [1.82, 2.24) is 10.6 Å². The first-order valence-corrected chi connectivity index (χ1v) is 6.23. The molecule has 0 spiro atoms. The van der Waals surface area contributed by atoms with Crippen LogP contribution in [0.4, 0.5) is 5.88 Å². The molecule has 20 heavy (non-hydrogen) atoms. The average Bonchev–Trinajstić information content (AvgIpc) is 2.87. The molecule has 8 heteroatoms. The number of nitrogens with zero attached hydrogens (tertiary/aromatic N) is 1. The van der Waals surface area contributed by atoms with Gasteiger partial charge in [0.15, 0.2) is 5.76 Å². The van der Waals surface area contributed by atoms with Gasteiger partial charge in [-0.15, -0.1) is 12.4 Å². The number of hydrogen-bond donors (Lipinski definition) is 2. The minimum Gasteiger partial charge on any atom is -0.395 e. The van der Waals surface area contributed by atoms with Crippen molar-refractivity contribution in [3.05, 3.63) is 28.0 Å². The Morgan fingerprint density at radius 1 is 1.60 bits per heavy atom. The number of amides is 1. The molecule has 112 valence electrons. The Morgan fingerprint density at radius 2 is 2.35 bits per heavy atom. The van der Waals surface area contributed by atoms with Gasteiger partial charge in [0.25, 0.3) is 5.91 Å². The van der Waals surface area contributed by atoms with Crippen molar-refractivity contribution < 1.29 is 14.1 Å². The van der Waals surface area contributed by atoms with Gasteiger partial charge in [0.05, 0.1) is 6.07 Å². The maximum atomic E-state index is 11.8. The number of furan rings is 1. The molecule has 1 saturated heterocycles. The van der Waals surface area contributed by atoms with E-state index in [4.69, 9.17) is 4.42 Å². The summed E-state index contributed by atoms with van der Waals surface area (Å²) in [7, 11) is 0. The lowest BCUT2D eigenvalue weighted by atomic mass is 9.83. The predicted octanol–water partition coefficient (Wildman–Crippen LogP) is 1.73. The SMILES string of the molecule is CC1(CNC(=O)c2ccc([N+](=O)[O-])o2)CCCNC1.Cl. The summed E-state index contributed by atoms with van der Waals surface area (Å²) in [5.74, 6) is -0.866. The molecular formula is C12H18ClN3O4. The number of carbonyl (C=O) groups excluding carboxylic acids is 1. The zero-order valence-electron chi connectivity index (χ0n) is 11.2. The van der Waals surface area contributed by atoms with Crippen molar-refractivity contribution in [3.8, 4) is 0 Å². The van der Waals surface area contributed by atoms with E-state index in [0.717, 1.165) is 25.9 Å². The van der Waals surface area contributed by atoms with Gasteiger partial charge in [-0.25, -0.2) is 0 Å². The van der Waals surface area contributed by atoms with Gasteiger partial charge < -0.3 is 15.1 Å². The normalized spacial score (nSPS) is 21.9. The summed E-state index contributed by atoms with van der Waals surface area (Å²) in [4.78, 5) is 21.6. The fourth-order valence-corrected chi connectivity index (χ4v) is 2.20. The topological polar surface area (TPSA) is 97.4 Å². The summed E-state index contributed by atoms with van der Waals surface area (Å²) in [6.07, 6.45) is 2.12. The number of piperidine rings is 1. The van der Waals surface area contributed by atoms with E-state index < -0.39 is 16.7 Å². The average molecular weight is 304 g/mol. The zero-order chi connectivity index (χ0) is 13.9. The Balaban J connectivity index is 0.00000200. The standard InChI is InChI=1S/C12H17N3O4.ClH/c1-12(5-2-6-13-7-12)8-14-11(16)9-3-4-10(19-9)15(17)18;/h3-4,13H,2,5-8H2,1H3,(H,14,16);1H. The molecule has 1 amide bonds. The molecule has 1 aliphatic heterocycles. The maximum absolute atomic E-state index is 11.8. The summed E-state index contributed by atoms with van der Waals surface area (Å²) < 4.78 is 4.85. The molecule has 1 atom stereocenters. The lowest BCUT2D eigenvalue weighted by Gasteiger charge is -2.34. The quantitative estimate of drug-likeness (QED) is 0.652. The first-order valence-electron chi connectivity index (χ1n) is 6.23. The van der Waals surface area contributed by atoms with Crippen LogP contribution in [0.1, 0.15) is 30.3 Å². The second kappa shape index (κ2) is 6.71. The van der Waals surface area contributed by atoms with Crippen LogP contribution in [0.5, 0.6) is 0 Å². The molecule has 2 N–H and O–H groups in total. The largest absolute Gasteiger partial charge is 0.433 e. The van der Waals surface area contributed by atoms with Crippen LogP contribution in [0.3, 0.4) is 0 Å². The lowest BCUT2D eigenvalue weighted by molar-refractivity contribution is -0.402. The van der Waals surface area contributed by atoms with Crippen LogP contribution < -0.4 is 10.6 Å². The highest BCUT2D eigenvalue weighted by Crippen LogP contribution is 2.24. The number of nitro groups is 1. The smallest absolute Gasteiger partial charge is 0.395 e. The van der Waals surface area contributed by atoms with Crippen LogP contribution in [0.25, 0.3) is 0 Å². The molecule has 0 bridgehead atoms. The molecule has 2 rings (SSSR count). The van der Waals surface area contributed by atoms with Crippen molar-refractivity contribution in [3.63, 3.8) is 0 Å². The molecule has 7 nitrogen and oxygen atoms in total. The zero-order valence-corrected chi connectivity index (χ0v) is 12.0. The van der Waals surface area contributed by atoms with Gasteiger partial charge in [-0.1, -0.05) is 6.92 Å². The van der Waals surface area contributed by atoms with Crippen molar-refractivity contribution in [1.29, 1.82) is 0 Å². The summed E-state index contributed by atoms with van der Waals surface area (Å²) in [6.45, 7) is 4.48. The molecule has 1 fully saturated rings. The monoisotopic (exact) mass is 303 g/mol. The number of carbonyl (C=O) groups is 1. The van der Waals surface area contributed by atoms with Gasteiger partial charge in [0.1, 0.15) is 4.92 Å². The number of nitrogens with one attached hydrogen (secondary N) is 2. The molecule has 1 aromatic heterocycles. The van der Waals surface area contributed by atoms with Gasteiger partial charge >= 0.3 is 5.88 Å². The first-order chi connectivity index (χ1) is 9.00. The summed E-state index contributed by atoms with van der Waals surface area (Å²) in [5, 5.41) is 16.5. The highest BCUT2D eigenvalue weighted by molar-refractivity contribution is 5.91. The van der Waals surface area contributed by atoms with E-state index >= 15 is 0 Å². The van der Waals surface area contributed by atoms with Crippen molar-refractivity contribution in [2.75, 3.05) is 19.6 Å². The molecule has 1 aromatic rings. The second-order valence-electron chi connectivity index (χ2n) is 5.17. The molecule has 0 radical (unpaired) electrons. The third kappa shape index (κ3) is 3.94. The Labute approximate surface area is 122 Å². The first kappa shape index (κ1) is 16.5. The maximum Gasteiger partial charge on any atom is 0.433 e. The van der Waals surface area contributed by atoms with Crippen molar-refractivity contribution in [2.45, 2.75) is 19.8 Å².